The number of hydrogen-bond donors (Lipinski definition) is 0. The fraction of sp³-hybridized carbons (Fsp3) is 0.435. The molecule has 2 aliphatic rings. The van der Waals surface area contributed by atoms with Crippen molar-refractivity contribution >= 4 is 33.2 Å². The molecule has 0 spiro atoms. The van der Waals surface area contributed by atoms with Crippen molar-refractivity contribution < 1.29 is 17.6 Å². The maximum atomic E-state index is 13.1. The predicted molar refractivity (Wildman–Crippen MR) is 124 cm³/mol. The molecule has 0 saturated carbocycles. The van der Waals surface area contributed by atoms with E-state index < -0.39 is 10.0 Å². The van der Waals surface area contributed by atoms with E-state index in [0.717, 1.165) is 5.69 Å². The Kier molecular flexibility index (Phi) is 7.02. The molecule has 1 amide bonds. The molecule has 6 nitrogen and oxygen atoms in total. The summed E-state index contributed by atoms with van der Waals surface area (Å²) in [4.78, 5) is 17.0. The third-order valence-electron chi connectivity index (χ3n) is 6.22. The van der Waals surface area contributed by atoms with Gasteiger partial charge in [0.2, 0.25) is 15.9 Å². The van der Waals surface area contributed by atoms with E-state index >= 15 is 0 Å². The zero-order chi connectivity index (χ0) is 22.7. The van der Waals surface area contributed by atoms with Crippen molar-refractivity contribution in [3.8, 4) is 0 Å². The molecule has 0 N–H and O–H groups in total. The van der Waals surface area contributed by atoms with Crippen molar-refractivity contribution in [2.75, 3.05) is 44.2 Å². The summed E-state index contributed by atoms with van der Waals surface area (Å²) in [6.07, 6.45) is 1.07. The van der Waals surface area contributed by atoms with Crippen molar-refractivity contribution in [1.82, 2.24) is 9.21 Å². The lowest BCUT2D eigenvalue weighted by molar-refractivity contribution is -0.137. The number of sulfonamides is 1. The van der Waals surface area contributed by atoms with Gasteiger partial charge in [0.05, 0.1) is 5.75 Å². The molecule has 0 radical (unpaired) electrons. The Balaban J connectivity index is 1.28. The van der Waals surface area contributed by atoms with Crippen LogP contribution in [0.4, 0.5) is 10.1 Å². The molecular formula is C23H27ClFN3O3S. The highest BCUT2D eigenvalue weighted by molar-refractivity contribution is 7.88. The van der Waals surface area contributed by atoms with Gasteiger partial charge in [-0.2, -0.15) is 0 Å². The molecule has 0 aliphatic carbocycles. The molecule has 172 valence electrons. The van der Waals surface area contributed by atoms with Gasteiger partial charge in [0.1, 0.15) is 5.82 Å². The second-order valence-electron chi connectivity index (χ2n) is 8.35. The molecule has 2 heterocycles. The second-order valence-corrected chi connectivity index (χ2v) is 10.8. The van der Waals surface area contributed by atoms with Crippen molar-refractivity contribution in [2.45, 2.75) is 18.6 Å². The molecular weight excluding hydrogens is 453 g/mol. The summed E-state index contributed by atoms with van der Waals surface area (Å²) in [6.45, 7) is 3.34. The van der Waals surface area contributed by atoms with Gasteiger partial charge in [-0.15, -0.1) is 0 Å². The van der Waals surface area contributed by atoms with Gasteiger partial charge in [-0.05, 0) is 54.8 Å². The SMILES string of the molecule is O=C(C1CCN(S(=O)(=O)Cc2cccc(Cl)c2)CC1)N1CCN(c2ccc(F)cc2)CC1. The fourth-order valence-electron chi connectivity index (χ4n) is 4.40. The molecule has 2 aromatic rings. The molecule has 0 unspecified atom stereocenters. The summed E-state index contributed by atoms with van der Waals surface area (Å²) in [5.41, 5.74) is 1.62. The smallest absolute Gasteiger partial charge is 0.225 e. The second kappa shape index (κ2) is 9.77. The maximum absolute atomic E-state index is 13.1. The van der Waals surface area contributed by atoms with Crippen LogP contribution >= 0.6 is 11.6 Å². The summed E-state index contributed by atoms with van der Waals surface area (Å²) in [6, 6.07) is 13.3. The van der Waals surface area contributed by atoms with E-state index in [0.29, 0.717) is 62.7 Å². The number of amides is 1. The first-order chi connectivity index (χ1) is 15.3. The molecule has 2 fully saturated rings. The first-order valence-electron chi connectivity index (χ1n) is 10.8. The van der Waals surface area contributed by atoms with Crippen LogP contribution in [0.1, 0.15) is 18.4 Å². The number of rotatable bonds is 5. The van der Waals surface area contributed by atoms with Gasteiger partial charge < -0.3 is 9.80 Å². The highest BCUT2D eigenvalue weighted by Crippen LogP contribution is 2.25. The lowest BCUT2D eigenvalue weighted by atomic mass is 9.96. The number of nitrogens with zero attached hydrogens (tertiary/aromatic N) is 3. The molecule has 0 bridgehead atoms. The molecule has 4 rings (SSSR count). The van der Waals surface area contributed by atoms with Gasteiger partial charge in [-0.1, -0.05) is 23.7 Å². The first kappa shape index (κ1) is 23.0. The molecule has 32 heavy (non-hydrogen) atoms. The van der Waals surface area contributed by atoms with E-state index in [9.17, 15) is 17.6 Å². The summed E-state index contributed by atoms with van der Waals surface area (Å²) >= 11 is 5.97. The van der Waals surface area contributed by atoms with E-state index in [-0.39, 0.29) is 23.4 Å². The van der Waals surface area contributed by atoms with Crippen LogP contribution in [-0.2, 0) is 20.6 Å². The highest BCUT2D eigenvalue weighted by atomic mass is 35.5. The zero-order valence-corrected chi connectivity index (χ0v) is 19.4. The number of piperazine rings is 1. The number of carbonyl (C=O) groups excluding carboxylic acids is 1. The minimum absolute atomic E-state index is 0.0858. The summed E-state index contributed by atoms with van der Waals surface area (Å²) in [7, 11) is -3.45. The van der Waals surface area contributed by atoms with Crippen LogP contribution in [0.3, 0.4) is 0 Å². The van der Waals surface area contributed by atoms with E-state index in [4.69, 9.17) is 11.6 Å². The third kappa shape index (κ3) is 5.42. The Morgan fingerprint density at radius 3 is 2.25 bits per heavy atom. The third-order valence-corrected chi connectivity index (χ3v) is 8.30. The number of carbonyl (C=O) groups is 1. The normalized spacial score (nSPS) is 18.7. The van der Waals surface area contributed by atoms with Crippen LogP contribution in [0.2, 0.25) is 5.02 Å². The summed E-state index contributed by atoms with van der Waals surface area (Å²) in [5.74, 6) is -0.388. The van der Waals surface area contributed by atoms with Gasteiger partial charge in [0.15, 0.2) is 0 Å². The van der Waals surface area contributed by atoms with E-state index in [2.05, 4.69) is 4.90 Å². The minimum Gasteiger partial charge on any atom is -0.368 e. The Bertz CT molecular complexity index is 1050. The average molecular weight is 480 g/mol. The zero-order valence-electron chi connectivity index (χ0n) is 17.8. The van der Waals surface area contributed by atoms with Crippen LogP contribution in [0, 0.1) is 11.7 Å². The van der Waals surface area contributed by atoms with Gasteiger partial charge >= 0.3 is 0 Å². The van der Waals surface area contributed by atoms with Crippen molar-refractivity contribution in [2.24, 2.45) is 5.92 Å². The Hall–Kier alpha value is -2.16. The number of benzene rings is 2. The lowest BCUT2D eigenvalue weighted by Gasteiger charge is -2.39. The monoisotopic (exact) mass is 479 g/mol. The Morgan fingerprint density at radius 1 is 0.969 bits per heavy atom. The molecule has 0 aromatic heterocycles. The minimum atomic E-state index is -3.45. The van der Waals surface area contributed by atoms with Crippen molar-refractivity contribution in [3.63, 3.8) is 0 Å². The Labute approximate surface area is 193 Å². The van der Waals surface area contributed by atoms with Crippen molar-refractivity contribution in [3.05, 3.63) is 64.9 Å². The summed E-state index contributed by atoms with van der Waals surface area (Å²) in [5, 5.41) is 0.515. The van der Waals surface area contributed by atoms with Crippen LogP contribution in [0.25, 0.3) is 0 Å². The van der Waals surface area contributed by atoms with E-state index in [1.807, 2.05) is 4.90 Å². The van der Waals surface area contributed by atoms with Crippen LogP contribution in [0.15, 0.2) is 48.5 Å². The number of piperidine rings is 1. The molecule has 9 heteroatoms. The van der Waals surface area contributed by atoms with Crippen LogP contribution in [-0.4, -0.2) is 62.8 Å². The van der Waals surface area contributed by atoms with Crippen LogP contribution in [0.5, 0.6) is 0 Å². The first-order valence-corrected chi connectivity index (χ1v) is 12.8. The van der Waals surface area contributed by atoms with Crippen molar-refractivity contribution in [1.29, 1.82) is 0 Å². The highest BCUT2D eigenvalue weighted by Gasteiger charge is 2.34. The van der Waals surface area contributed by atoms with Gasteiger partial charge in [-0.25, -0.2) is 17.1 Å². The largest absolute Gasteiger partial charge is 0.368 e. The number of hydrogen-bond acceptors (Lipinski definition) is 4. The molecule has 0 atom stereocenters. The number of anilines is 1. The molecule has 2 aromatic carbocycles. The molecule has 2 saturated heterocycles. The lowest BCUT2D eigenvalue weighted by Crippen LogP contribution is -2.52. The standard InChI is InChI=1S/C23H27ClFN3O3S/c24-20-3-1-2-18(16-20)17-32(30,31)28-10-8-19(9-11-28)23(29)27-14-12-26(13-15-27)22-6-4-21(25)5-7-22/h1-7,16,19H,8-15,17H2. The fourth-order valence-corrected chi connectivity index (χ4v) is 6.17. The van der Waals surface area contributed by atoms with E-state index in [1.165, 1.54) is 16.4 Å². The topological polar surface area (TPSA) is 60.9 Å². The maximum Gasteiger partial charge on any atom is 0.225 e. The average Bonchev–Trinajstić information content (AvgIpc) is 2.79. The Morgan fingerprint density at radius 2 is 1.62 bits per heavy atom. The molecule has 2 aliphatic heterocycles. The van der Waals surface area contributed by atoms with Crippen LogP contribution < -0.4 is 4.90 Å². The van der Waals surface area contributed by atoms with Gasteiger partial charge in [-0.3, -0.25) is 4.79 Å². The van der Waals surface area contributed by atoms with Gasteiger partial charge in [0, 0.05) is 55.9 Å². The van der Waals surface area contributed by atoms with E-state index in [1.54, 1.807) is 36.4 Å². The van der Waals surface area contributed by atoms with Gasteiger partial charge in [0.25, 0.3) is 0 Å². The summed E-state index contributed by atoms with van der Waals surface area (Å²) < 4.78 is 40.2. The number of halogens is 2. The predicted octanol–water partition coefficient (Wildman–Crippen LogP) is 3.37. The quantitative estimate of drug-likeness (QED) is 0.659.